The predicted octanol–water partition coefficient (Wildman–Crippen LogP) is 8.11. The lowest BCUT2D eigenvalue weighted by molar-refractivity contribution is -0.385. The van der Waals surface area contributed by atoms with Crippen molar-refractivity contribution >= 4 is 17.9 Å². The van der Waals surface area contributed by atoms with Crippen LogP contribution in [0, 0.1) is 53.5 Å². The first-order valence-electron chi connectivity index (χ1n) is 17.8. The number of piperidine rings is 2. The SMILES string of the molecule is Cc1cccc(C#CC=C2CCN(C(=O)OCc3ccccc3)CC2)n1.Cc1cccc(C#CC=C2CCN(C(=O)Oc3ccc([N+](=O)[O-])cc3F)CC2)n1. The van der Waals surface area contributed by atoms with E-state index >= 15 is 0 Å². The van der Waals surface area contributed by atoms with Gasteiger partial charge in [0.2, 0.25) is 0 Å². The van der Waals surface area contributed by atoms with Crippen LogP contribution < -0.4 is 4.74 Å². The summed E-state index contributed by atoms with van der Waals surface area (Å²) in [7, 11) is 0. The summed E-state index contributed by atoms with van der Waals surface area (Å²) in [4.78, 5) is 46.2. The number of benzene rings is 2. The average molecular weight is 742 g/mol. The van der Waals surface area contributed by atoms with Gasteiger partial charge < -0.3 is 19.3 Å². The highest BCUT2D eigenvalue weighted by Gasteiger charge is 2.23. The third kappa shape index (κ3) is 12.7. The summed E-state index contributed by atoms with van der Waals surface area (Å²) < 4.78 is 24.3. The second-order valence-electron chi connectivity index (χ2n) is 12.7. The molecule has 0 spiro atoms. The molecule has 2 amide bonds. The zero-order valence-corrected chi connectivity index (χ0v) is 30.7. The van der Waals surface area contributed by atoms with E-state index < -0.39 is 22.5 Å². The standard InChI is InChI=1S/C22H22N2O2.C21H18FN3O4/c1-18-7-5-11-21(23-18)12-6-10-19-13-15-24(16-14-19)22(25)26-17-20-8-3-2-4-9-20;1-15-4-2-6-17(23-15)7-3-5-16-10-12-24(13-11-16)21(26)29-20-9-8-18(25(27)28)14-19(20)22/h2-5,7-11H,13-17H2,1H3;2,4-6,8-9,14H,10-13H2,1H3. The van der Waals surface area contributed by atoms with Gasteiger partial charge in [-0.1, -0.05) is 65.5 Å². The van der Waals surface area contributed by atoms with Crippen LogP contribution in [0.4, 0.5) is 19.7 Å². The van der Waals surface area contributed by atoms with Gasteiger partial charge in [0.1, 0.15) is 18.0 Å². The van der Waals surface area contributed by atoms with Crippen molar-refractivity contribution < 1.29 is 28.4 Å². The quantitative estimate of drug-likeness (QED) is 0.117. The van der Waals surface area contributed by atoms with Crippen molar-refractivity contribution in [3.63, 3.8) is 0 Å². The first-order chi connectivity index (χ1) is 26.6. The van der Waals surface area contributed by atoms with Crippen molar-refractivity contribution in [1.29, 1.82) is 0 Å². The highest BCUT2D eigenvalue weighted by Crippen LogP contribution is 2.24. The van der Waals surface area contributed by atoms with Crippen LogP contribution in [0.5, 0.6) is 5.75 Å². The van der Waals surface area contributed by atoms with Crippen LogP contribution in [-0.2, 0) is 11.3 Å². The Bertz CT molecular complexity index is 2180. The Balaban J connectivity index is 0.000000212. The van der Waals surface area contributed by atoms with Crippen LogP contribution in [0.15, 0.2) is 108 Å². The number of rotatable bonds is 4. The van der Waals surface area contributed by atoms with Crippen molar-refractivity contribution in [2.24, 2.45) is 0 Å². The Labute approximate surface area is 319 Å². The van der Waals surface area contributed by atoms with Crippen molar-refractivity contribution in [2.45, 2.75) is 46.1 Å². The molecule has 12 heteroatoms. The molecule has 0 unspecified atom stereocenters. The zero-order valence-electron chi connectivity index (χ0n) is 30.7. The van der Waals surface area contributed by atoms with E-state index in [0.29, 0.717) is 51.3 Å². The second-order valence-corrected chi connectivity index (χ2v) is 12.7. The average Bonchev–Trinajstić information content (AvgIpc) is 3.19. The molecule has 0 bridgehead atoms. The van der Waals surface area contributed by atoms with Crippen molar-refractivity contribution in [3.8, 4) is 29.4 Å². The molecule has 2 saturated heterocycles. The molecule has 2 aromatic carbocycles. The van der Waals surface area contributed by atoms with Gasteiger partial charge in [0.15, 0.2) is 11.6 Å². The fraction of sp³-hybridized carbons (Fsp3) is 0.256. The Kier molecular flexibility index (Phi) is 14.2. The number of hydrogen-bond acceptors (Lipinski definition) is 8. The number of nitro groups is 1. The largest absolute Gasteiger partial charge is 0.445 e. The fourth-order valence-electron chi connectivity index (χ4n) is 5.55. The number of nitro benzene ring substituents is 1. The zero-order chi connectivity index (χ0) is 39.0. The van der Waals surface area contributed by atoms with Crippen LogP contribution in [0.25, 0.3) is 0 Å². The second kappa shape index (κ2) is 19.9. The monoisotopic (exact) mass is 741 g/mol. The van der Waals surface area contributed by atoms with Gasteiger partial charge in [-0.05, 0) is 99.4 Å². The molecule has 280 valence electrons. The fourth-order valence-corrected chi connectivity index (χ4v) is 5.55. The Hall–Kier alpha value is -6.79. The van der Waals surface area contributed by atoms with Gasteiger partial charge in [0, 0.05) is 43.6 Å². The summed E-state index contributed by atoms with van der Waals surface area (Å²) in [6.45, 7) is 6.35. The van der Waals surface area contributed by atoms with E-state index in [1.165, 1.54) is 10.5 Å². The Morgan fingerprint density at radius 1 is 0.764 bits per heavy atom. The van der Waals surface area contributed by atoms with Crippen molar-refractivity contribution in [3.05, 3.63) is 152 Å². The van der Waals surface area contributed by atoms with Gasteiger partial charge in [0.25, 0.3) is 5.69 Å². The normalized spacial score (nSPS) is 13.4. The van der Waals surface area contributed by atoms with E-state index in [1.807, 2.05) is 92.7 Å². The molecule has 0 N–H and O–H groups in total. The van der Waals surface area contributed by atoms with Gasteiger partial charge in [-0.25, -0.2) is 23.9 Å². The number of carbonyl (C=O) groups excluding carboxylic acids is 2. The maximum atomic E-state index is 13.9. The van der Waals surface area contributed by atoms with Gasteiger partial charge in [0.05, 0.1) is 11.0 Å². The maximum Gasteiger partial charge on any atom is 0.415 e. The molecule has 2 aliphatic rings. The van der Waals surface area contributed by atoms with Crippen LogP contribution >= 0.6 is 0 Å². The number of allylic oxidation sites excluding steroid dienone is 2. The minimum Gasteiger partial charge on any atom is -0.445 e. The number of halogens is 1. The molecule has 55 heavy (non-hydrogen) atoms. The molecule has 2 fully saturated rings. The highest BCUT2D eigenvalue weighted by atomic mass is 19.1. The van der Waals surface area contributed by atoms with Gasteiger partial charge in [-0.15, -0.1) is 0 Å². The number of hydrogen-bond donors (Lipinski definition) is 0. The number of amides is 2. The summed E-state index contributed by atoms with van der Waals surface area (Å²) in [6, 6.07) is 24.1. The molecule has 4 heterocycles. The molecule has 6 rings (SSSR count). The van der Waals surface area contributed by atoms with E-state index in [0.717, 1.165) is 59.3 Å². The predicted molar refractivity (Wildman–Crippen MR) is 205 cm³/mol. The lowest BCUT2D eigenvalue weighted by atomic mass is 10.0. The first-order valence-corrected chi connectivity index (χ1v) is 17.8. The van der Waals surface area contributed by atoms with Crippen LogP contribution in [0.3, 0.4) is 0 Å². The van der Waals surface area contributed by atoms with Crippen molar-refractivity contribution in [2.75, 3.05) is 26.2 Å². The topological polar surface area (TPSA) is 128 Å². The summed E-state index contributed by atoms with van der Waals surface area (Å²) in [5, 5.41) is 10.6. The number of nitrogens with zero attached hydrogens (tertiary/aromatic N) is 5. The van der Waals surface area contributed by atoms with E-state index in [-0.39, 0.29) is 11.8 Å². The van der Waals surface area contributed by atoms with E-state index in [1.54, 1.807) is 4.90 Å². The molecule has 0 saturated carbocycles. The van der Waals surface area contributed by atoms with E-state index in [4.69, 9.17) is 9.47 Å². The van der Waals surface area contributed by atoms with Crippen LogP contribution in [-0.4, -0.2) is 63.1 Å². The van der Waals surface area contributed by atoms with E-state index in [9.17, 15) is 24.1 Å². The molecule has 0 aliphatic carbocycles. The lowest BCUT2D eigenvalue weighted by Gasteiger charge is -2.27. The highest BCUT2D eigenvalue weighted by molar-refractivity contribution is 5.71. The molecule has 4 aromatic rings. The molecular formula is C43H40FN5O6. The van der Waals surface area contributed by atoms with Crippen molar-refractivity contribution in [1.82, 2.24) is 19.8 Å². The smallest absolute Gasteiger partial charge is 0.415 e. The van der Waals surface area contributed by atoms with Gasteiger partial charge in [-0.2, -0.15) is 0 Å². The number of carbonyl (C=O) groups is 2. The number of non-ortho nitro benzene ring substituents is 1. The molecule has 0 radical (unpaired) electrons. The number of likely N-dealkylation sites (tertiary alicyclic amines) is 2. The van der Waals surface area contributed by atoms with Gasteiger partial charge in [-0.3, -0.25) is 10.1 Å². The molecule has 0 atom stereocenters. The van der Waals surface area contributed by atoms with Crippen LogP contribution in [0.2, 0.25) is 0 Å². The first kappa shape index (κ1) is 39.4. The third-order valence-electron chi connectivity index (χ3n) is 8.59. The van der Waals surface area contributed by atoms with Crippen LogP contribution in [0.1, 0.15) is 54.0 Å². The Morgan fingerprint density at radius 3 is 1.78 bits per heavy atom. The molecular weight excluding hydrogens is 702 g/mol. The number of aryl methyl sites for hydroxylation is 2. The number of pyridine rings is 2. The summed E-state index contributed by atoms with van der Waals surface area (Å²) in [6.07, 6.45) is 5.78. The number of aromatic nitrogens is 2. The minimum atomic E-state index is -0.954. The third-order valence-corrected chi connectivity index (χ3v) is 8.59. The molecule has 2 aliphatic heterocycles. The lowest BCUT2D eigenvalue weighted by Crippen LogP contribution is -2.38. The minimum absolute atomic E-state index is 0.247. The Morgan fingerprint density at radius 2 is 1.29 bits per heavy atom. The summed E-state index contributed by atoms with van der Waals surface area (Å²) >= 11 is 0. The maximum absolute atomic E-state index is 13.9. The molecule has 2 aromatic heterocycles. The van der Waals surface area contributed by atoms with Gasteiger partial charge >= 0.3 is 12.2 Å². The van der Waals surface area contributed by atoms with E-state index in [2.05, 4.69) is 33.6 Å². The summed E-state index contributed by atoms with van der Waals surface area (Å²) in [5.41, 5.74) is 6.31. The molecule has 11 nitrogen and oxygen atoms in total. The number of ether oxygens (including phenoxy) is 2. The summed E-state index contributed by atoms with van der Waals surface area (Å²) in [5.74, 6) is 10.8.